The fraction of sp³-hybridized carbons (Fsp3) is 0.182. The summed E-state index contributed by atoms with van der Waals surface area (Å²) in [6.45, 7) is 0. The van der Waals surface area contributed by atoms with Crippen LogP contribution in [0, 0.1) is 0 Å². The number of carboxylic acid groups (broad SMARTS) is 1. The van der Waals surface area contributed by atoms with Gasteiger partial charge in [0.1, 0.15) is 11.0 Å². The number of carbonyl (C=O) groups is 1. The fourth-order valence-electron chi connectivity index (χ4n) is 1.44. The molecule has 0 aliphatic rings. The van der Waals surface area contributed by atoms with Crippen molar-refractivity contribution in [1.29, 1.82) is 0 Å². The molecule has 0 spiro atoms. The van der Waals surface area contributed by atoms with Crippen LogP contribution in [0.15, 0.2) is 29.9 Å². The van der Waals surface area contributed by atoms with Crippen LogP contribution in [-0.2, 0) is 4.79 Å². The summed E-state index contributed by atoms with van der Waals surface area (Å²) in [6.07, 6.45) is 3.37. The highest BCUT2D eigenvalue weighted by molar-refractivity contribution is 7.13. The molecule has 2 rings (SSSR count). The van der Waals surface area contributed by atoms with Gasteiger partial charge in [-0.2, -0.15) is 0 Å². The molecule has 0 amide bonds. The number of aliphatic carboxylic acids is 1. The van der Waals surface area contributed by atoms with E-state index in [2.05, 4.69) is 15.3 Å². The Morgan fingerprint density at radius 1 is 1.47 bits per heavy atom. The molecular formula is C11H11N3O2S. The van der Waals surface area contributed by atoms with Gasteiger partial charge in [0, 0.05) is 23.3 Å². The third-order valence-corrected chi connectivity index (χ3v) is 3.19. The summed E-state index contributed by atoms with van der Waals surface area (Å²) >= 11 is 1.42. The van der Waals surface area contributed by atoms with Gasteiger partial charge in [0.05, 0.1) is 5.69 Å². The van der Waals surface area contributed by atoms with Gasteiger partial charge in [-0.15, -0.1) is 11.3 Å². The molecule has 0 fully saturated rings. The lowest BCUT2D eigenvalue weighted by atomic mass is 10.2. The molecule has 6 heteroatoms. The largest absolute Gasteiger partial charge is 0.480 e. The van der Waals surface area contributed by atoms with Gasteiger partial charge in [0.15, 0.2) is 0 Å². The lowest BCUT2D eigenvalue weighted by molar-refractivity contribution is -0.139. The van der Waals surface area contributed by atoms with E-state index in [0.717, 1.165) is 10.6 Å². The molecule has 2 aromatic heterocycles. The van der Waals surface area contributed by atoms with Crippen LogP contribution in [0.3, 0.4) is 0 Å². The lowest BCUT2D eigenvalue weighted by Crippen LogP contribution is -2.25. The van der Waals surface area contributed by atoms with Crippen molar-refractivity contribution in [2.24, 2.45) is 0 Å². The Balaban J connectivity index is 2.30. The monoisotopic (exact) mass is 249 g/mol. The maximum Gasteiger partial charge on any atom is 0.327 e. The van der Waals surface area contributed by atoms with Crippen LogP contribution >= 0.6 is 11.3 Å². The minimum Gasteiger partial charge on any atom is -0.480 e. The molecule has 2 heterocycles. The summed E-state index contributed by atoms with van der Waals surface area (Å²) < 4.78 is 0. The Morgan fingerprint density at radius 3 is 2.76 bits per heavy atom. The van der Waals surface area contributed by atoms with Gasteiger partial charge in [0.2, 0.25) is 0 Å². The molecule has 0 aliphatic heterocycles. The zero-order chi connectivity index (χ0) is 12.3. The summed E-state index contributed by atoms with van der Waals surface area (Å²) in [7, 11) is 1.60. The summed E-state index contributed by atoms with van der Waals surface area (Å²) in [6, 6.07) is 2.93. The summed E-state index contributed by atoms with van der Waals surface area (Å²) in [5, 5.41) is 14.3. The van der Waals surface area contributed by atoms with Crippen molar-refractivity contribution >= 4 is 17.3 Å². The van der Waals surface area contributed by atoms with Gasteiger partial charge in [-0.3, -0.25) is 9.78 Å². The molecular weight excluding hydrogens is 238 g/mol. The van der Waals surface area contributed by atoms with Gasteiger partial charge in [-0.25, -0.2) is 4.98 Å². The molecule has 1 atom stereocenters. The number of pyridine rings is 1. The highest BCUT2D eigenvalue weighted by Gasteiger charge is 2.20. The van der Waals surface area contributed by atoms with E-state index >= 15 is 0 Å². The number of hydrogen-bond acceptors (Lipinski definition) is 5. The minimum atomic E-state index is -0.931. The third kappa shape index (κ3) is 2.48. The Kier molecular flexibility index (Phi) is 3.46. The Labute approximate surface area is 102 Å². The molecule has 0 saturated heterocycles. The molecule has 0 radical (unpaired) electrons. The fourth-order valence-corrected chi connectivity index (χ4v) is 2.30. The van der Waals surface area contributed by atoms with E-state index < -0.39 is 12.0 Å². The van der Waals surface area contributed by atoms with Crippen molar-refractivity contribution in [3.63, 3.8) is 0 Å². The number of thiazole rings is 1. The minimum absolute atomic E-state index is 0.525. The average molecular weight is 249 g/mol. The van der Waals surface area contributed by atoms with Crippen LogP contribution in [0.25, 0.3) is 10.6 Å². The number of aromatic nitrogens is 2. The maximum atomic E-state index is 11.0. The second-order valence-corrected chi connectivity index (χ2v) is 4.23. The van der Waals surface area contributed by atoms with Crippen LogP contribution < -0.4 is 5.32 Å². The first-order valence-electron chi connectivity index (χ1n) is 4.98. The van der Waals surface area contributed by atoms with Gasteiger partial charge in [-0.05, 0) is 19.2 Å². The molecule has 0 saturated carbocycles. The van der Waals surface area contributed by atoms with Gasteiger partial charge in [0.25, 0.3) is 0 Å². The van der Waals surface area contributed by atoms with Crippen LogP contribution in [0.2, 0.25) is 0 Å². The molecule has 5 nitrogen and oxygen atoms in total. The van der Waals surface area contributed by atoms with Crippen molar-refractivity contribution in [3.05, 3.63) is 35.6 Å². The second kappa shape index (κ2) is 5.03. The zero-order valence-corrected chi connectivity index (χ0v) is 9.94. The molecule has 2 aromatic rings. The Hall–Kier alpha value is -1.79. The van der Waals surface area contributed by atoms with Gasteiger partial charge in [-0.1, -0.05) is 0 Å². The van der Waals surface area contributed by atoms with Crippen LogP contribution in [0.1, 0.15) is 11.7 Å². The number of carboxylic acids is 1. The van der Waals surface area contributed by atoms with Crippen molar-refractivity contribution in [3.8, 4) is 10.6 Å². The van der Waals surface area contributed by atoms with E-state index in [1.54, 1.807) is 24.8 Å². The van der Waals surface area contributed by atoms with E-state index in [9.17, 15) is 4.79 Å². The van der Waals surface area contributed by atoms with E-state index in [-0.39, 0.29) is 0 Å². The lowest BCUT2D eigenvalue weighted by Gasteiger charge is -2.06. The number of nitrogens with zero attached hydrogens (tertiary/aromatic N) is 2. The van der Waals surface area contributed by atoms with E-state index in [1.807, 2.05) is 12.1 Å². The molecule has 1 unspecified atom stereocenters. The summed E-state index contributed by atoms with van der Waals surface area (Å²) in [5.41, 5.74) is 1.47. The first-order chi connectivity index (χ1) is 8.22. The second-order valence-electron chi connectivity index (χ2n) is 3.37. The predicted octanol–water partition coefficient (Wildman–Crippen LogP) is 1.55. The molecule has 17 heavy (non-hydrogen) atoms. The first-order valence-corrected chi connectivity index (χ1v) is 5.86. The van der Waals surface area contributed by atoms with Gasteiger partial charge >= 0.3 is 5.97 Å². The quantitative estimate of drug-likeness (QED) is 0.859. The molecule has 0 aliphatic carbocycles. The van der Waals surface area contributed by atoms with E-state index in [4.69, 9.17) is 5.11 Å². The third-order valence-electron chi connectivity index (χ3n) is 2.28. The molecule has 2 N–H and O–H groups in total. The van der Waals surface area contributed by atoms with Crippen molar-refractivity contribution < 1.29 is 9.90 Å². The van der Waals surface area contributed by atoms with Crippen LogP contribution in [0.4, 0.5) is 0 Å². The number of hydrogen-bond donors (Lipinski definition) is 2. The smallest absolute Gasteiger partial charge is 0.327 e. The SMILES string of the molecule is CNC(C(=O)O)c1csc(-c2ccncc2)n1. The number of nitrogens with one attached hydrogen (secondary N) is 1. The molecule has 0 aromatic carbocycles. The van der Waals surface area contributed by atoms with Gasteiger partial charge < -0.3 is 10.4 Å². The highest BCUT2D eigenvalue weighted by atomic mass is 32.1. The van der Waals surface area contributed by atoms with Crippen molar-refractivity contribution in [2.45, 2.75) is 6.04 Å². The summed E-state index contributed by atoms with van der Waals surface area (Å²) in [4.78, 5) is 19.2. The normalized spacial score (nSPS) is 12.3. The summed E-state index contributed by atoms with van der Waals surface area (Å²) in [5.74, 6) is -0.931. The van der Waals surface area contributed by atoms with E-state index in [1.165, 1.54) is 11.3 Å². The first kappa shape index (κ1) is 11.7. The highest BCUT2D eigenvalue weighted by Crippen LogP contribution is 2.25. The number of rotatable bonds is 4. The standard InChI is InChI=1S/C11H11N3O2S/c1-12-9(11(15)16)8-6-17-10(14-8)7-2-4-13-5-3-7/h2-6,9,12H,1H3,(H,15,16). The van der Waals surface area contributed by atoms with Crippen molar-refractivity contribution in [1.82, 2.24) is 15.3 Å². The predicted molar refractivity (Wildman–Crippen MR) is 64.8 cm³/mol. The Morgan fingerprint density at radius 2 is 2.18 bits per heavy atom. The Bertz CT molecular complexity index is 512. The van der Waals surface area contributed by atoms with Crippen LogP contribution in [-0.4, -0.2) is 28.1 Å². The topological polar surface area (TPSA) is 75.1 Å². The average Bonchev–Trinajstić information content (AvgIpc) is 2.80. The van der Waals surface area contributed by atoms with E-state index in [0.29, 0.717) is 5.69 Å². The zero-order valence-electron chi connectivity index (χ0n) is 9.12. The van der Waals surface area contributed by atoms with Crippen LogP contribution in [0.5, 0.6) is 0 Å². The van der Waals surface area contributed by atoms with Crippen molar-refractivity contribution in [2.75, 3.05) is 7.05 Å². The molecule has 88 valence electrons. The maximum absolute atomic E-state index is 11.0. The molecule has 0 bridgehead atoms. The number of likely N-dealkylation sites (N-methyl/N-ethyl adjacent to an activating group) is 1.